The van der Waals surface area contributed by atoms with Gasteiger partial charge in [-0.1, -0.05) is 18.5 Å². The summed E-state index contributed by atoms with van der Waals surface area (Å²) in [6.07, 6.45) is 0.596. The topological polar surface area (TPSA) is 46.2 Å². The molecule has 86 valence electrons. The van der Waals surface area contributed by atoms with Crippen molar-refractivity contribution in [2.24, 2.45) is 0 Å². The first-order chi connectivity index (χ1) is 7.02. The van der Waals surface area contributed by atoms with E-state index in [9.17, 15) is 8.42 Å². The molecular weight excluding hydrogens is 254 g/mol. The minimum Gasteiger partial charge on any atom is -0.318 e. The zero-order chi connectivity index (χ0) is 11.5. The Kier molecular flexibility index (Phi) is 4.58. The van der Waals surface area contributed by atoms with E-state index in [4.69, 9.17) is 11.6 Å². The lowest BCUT2D eigenvalue weighted by Gasteiger charge is -2.13. The van der Waals surface area contributed by atoms with Gasteiger partial charge in [-0.15, -0.1) is 11.3 Å². The van der Waals surface area contributed by atoms with Gasteiger partial charge in [-0.2, -0.15) is 0 Å². The molecule has 15 heavy (non-hydrogen) atoms. The lowest BCUT2D eigenvalue weighted by atomic mass is 10.3. The Hall–Kier alpha value is -0.100. The van der Waals surface area contributed by atoms with E-state index >= 15 is 0 Å². The van der Waals surface area contributed by atoms with Crippen LogP contribution in [0.15, 0.2) is 16.3 Å². The first-order valence-electron chi connectivity index (χ1n) is 4.66. The highest BCUT2D eigenvalue weighted by Crippen LogP contribution is 2.29. The Balaban J connectivity index is 3.00. The van der Waals surface area contributed by atoms with Gasteiger partial charge in [0.1, 0.15) is 4.21 Å². The summed E-state index contributed by atoms with van der Waals surface area (Å²) in [5, 5.41) is 2.52. The standard InChI is InChI=1S/C9H14ClNO2S2/c1-3-7(6-11-2)15(12,13)9-5-4-8(10)14-9/h4-5,7,11H,3,6H2,1-2H3. The van der Waals surface area contributed by atoms with Crippen LogP contribution in [0.5, 0.6) is 0 Å². The predicted octanol–water partition coefficient (Wildman–Crippen LogP) is 2.17. The van der Waals surface area contributed by atoms with E-state index in [-0.39, 0.29) is 5.25 Å². The Morgan fingerprint density at radius 2 is 2.20 bits per heavy atom. The summed E-state index contributed by atoms with van der Waals surface area (Å²) < 4.78 is 25.0. The number of halogens is 1. The summed E-state index contributed by atoms with van der Waals surface area (Å²) in [6, 6.07) is 3.19. The molecule has 1 atom stereocenters. The molecule has 1 rings (SSSR count). The van der Waals surface area contributed by atoms with Gasteiger partial charge in [0.2, 0.25) is 0 Å². The minimum atomic E-state index is -3.22. The summed E-state index contributed by atoms with van der Waals surface area (Å²) in [5.74, 6) is 0. The van der Waals surface area contributed by atoms with Crippen molar-refractivity contribution in [3.05, 3.63) is 16.5 Å². The molecule has 6 heteroatoms. The first-order valence-corrected chi connectivity index (χ1v) is 7.40. The molecule has 0 spiro atoms. The van der Waals surface area contributed by atoms with Crippen molar-refractivity contribution in [2.45, 2.75) is 22.8 Å². The molecule has 0 aromatic carbocycles. The maximum absolute atomic E-state index is 12.1. The quantitative estimate of drug-likeness (QED) is 0.889. The molecular formula is C9H14ClNO2S2. The van der Waals surface area contributed by atoms with Crippen molar-refractivity contribution in [1.29, 1.82) is 0 Å². The number of hydrogen-bond acceptors (Lipinski definition) is 4. The minimum absolute atomic E-state index is 0.356. The third-order valence-corrected chi connectivity index (χ3v) is 6.20. The van der Waals surface area contributed by atoms with Crippen LogP contribution in [0, 0.1) is 0 Å². The molecule has 1 unspecified atom stereocenters. The maximum Gasteiger partial charge on any atom is 0.191 e. The van der Waals surface area contributed by atoms with Gasteiger partial charge in [0, 0.05) is 6.54 Å². The second-order valence-corrected chi connectivity index (χ2v) is 7.36. The first kappa shape index (κ1) is 13.0. The zero-order valence-electron chi connectivity index (χ0n) is 8.66. The van der Waals surface area contributed by atoms with Crippen molar-refractivity contribution in [3.8, 4) is 0 Å². The van der Waals surface area contributed by atoms with E-state index < -0.39 is 9.84 Å². The molecule has 0 aliphatic carbocycles. The fraction of sp³-hybridized carbons (Fsp3) is 0.556. The highest BCUT2D eigenvalue weighted by Gasteiger charge is 2.26. The van der Waals surface area contributed by atoms with Crippen LogP contribution in [0.3, 0.4) is 0 Å². The third-order valence-electron chi connectivity index (χ3n) is 2.15. The van der Waals surface area contributed by atoms with E-state index in [1.807, 2.05) is 6.92 Å². The molecule has 3 nitrogen and oxygen atoms in total. The number of sulfone groups is 1. The number of rotatable bonds is 5. The Labute approximate surface area is 99.4 Å². The lowest BCUT2D eigenvalue weighted by molar-refractivity contribution is 0.570. The summed E-state index contributed by atoms with van der Waals surface area (Å²) in [4.78, 5) is 0. The fourth-order valence-corrected chi connectivity index (χ4v) is 4.78. The van der Waals surface area contributed by atoms with Gasteiger partial charge in [0.05, 0.1) is 9.59 Å². The van der Waals surface area contributed by atoms with Crippen molar-refractivity contribution >= 4 is 32.8 Å². The van der Waals surface area contributed by atoms with E-state index in [0.717, 1.165) is 11.3 Å². The molecule has 1 aromatic heterocycles. The van der Waals surface area contributed by atoms with Crippen LogP contribution in [0.2, 0.25) is 4.34 Å². The highest BCUT2D eigenvalue weighted by atomic mass is 35.5. The van der Waals surface area contributed by atoms with Crippen molar-refractivity contribution in [2.75, 3.05) is 13.6 Å². The molecule has 1 aromatic rings. The monoisotopic (exact) mass is 267 g/mol. The van der Waals surface area contributed by atoms with E-state index in [1.165, 1.54) is 0 Å². The molecule has 0 aliphatic rings. The van der Waals surface area contributed by atoms with E-state index in [1.54, 1.807) is 19.2 Å². The number of thiophene rings is 1. The number of nitrogens with one attached hydrogen (secondary N) is 1. The largest absolute Gasteiger partial charge is 0.318 e. The van der Waals surface area contributed by atoms with Gasteiger partial charge >= 0.3 is 0 Å². The van der Waals surface area contributed by atoms with Crippen molar-refractivity contribution < 1.29 is 8.42 Å². The lowest BCUT2D eigenvalue weighted by Crippen LogP contribution is -2.30. The summed E-state index contributed by atoms with van der Waals surface area (Å²) in [7, 11) is -1.47. The Morgan fingerprint density at radius 3 is 2.60 bits per heavy atom. The SMILES string of the molecule is CCC(CNC)S(=O)(=O)c1ccc(Cl)s1. The molecule has 1 heterocycles. The third kappa shape index (κ3) is 2.93. The Morgan fingerprint density at radius 1 is 1.53 bits per heavy atom. The van der Waals surface area contributed by atoms with Crippen LogP contribution in [0.4, 0.5) is 0 Å². The zero-order valence-corrected chi connectivity index (χ0v) is 11.0. The smallest absolute Gasteiger partial charge is 0.191 e. The molecule has 1 N–H and O–H groups in total. The van der Waals surface area contributed by atoms with Crippen molar-refractivity contribution in [1.82, 2.24) is 5.32 Å². The van der Waals surface area contributed by atoms with Crippen LogP contribution < -0.4 is 5.32 Å². The average Bonchev–Trinajstić information content (AvgIpc) is 2.61. The van der Waals surface area contributed by atoms with Gasteiger partial charge in [-0.3, -0.25) is 0 Å². The molecule has 0 bridgehead atoms. The second kappa shape index (κ2) is 5.30. The van der Waals surface area contributed by atoms with Crippen LogP contribution in [0.25, 0.3) is 0 Å². The van der Waals surface area contributed by atoms with E-state index in [0.29, 0.717) is 21.5 Å². The highest BCUT2D eigenvalue weighted by molar-refractivity contribution is 7.94. The van der Waals surface area contributed by atoms with Gasteiger partial charge in [0.15, 0.2) is 9.84 Å². The molecule has 0 saturated carbocycles. The predicted molar refractivity (Wildman–Crippen MR) is 64.5 cm³/mol. The summed E-state index contributed by atoms with van der Waals surface area (Å²) in [6.45, 7) is 2.34. The molecule has 0 amide bonds. The van der Waals surface area contributed by atoms with Gasteiger partial charge in [-0.05, 0) is 25.6 Å². The van der Waals surface area contributed by atoms with E-state index in [2.05, 4.69) is 5.32 Å². The maximum atomic E-state index is 12.1. The fourth-order valence-electron chi connectivity index (χ4n) is 1.32. The normalized spacial score (nSPS) is 14.1. The van der Waals surface area contributed by atoms with Crippen molar-refractivity contribution in [3.63, 3.8) is 0 Å². The van der Waals surface area contributed by atoms with Crippen LogP contribution in [-0.4, -0.2) is 27.3 Å². The van der Waals surface area contributed by atoms with Gasteiger partial charge < -0.3 is 5.32 Å². The Bertz CT molecular complexity index is 414. The molecule has 0 saturated heterocycles. The summed E-state index contributed by atoms with van der Waals surface area (Å²) in [5.41, 5.74) is 0. The average molecular weight is 268 g/mol. The molecule has 0 radical (unpaired) electrons. The van der Waals surface area contributed by atoms with Gasteiger partial charge in [-0.25, -0.2) is 8.42 Å². The van der Waals surface area contributed by atoms with Crippen LogP contribution >= 0.6 is 22.9 Å². The second-order valence-electron chi connectivity index (χ2n) is 3.19. The summed E-state index contributed by atoms with van der Waals surface area (Å²) >= 11 is 6.84. The molecule has 0 fully saturated rings. The number of hydrogen-bond donors (Lipinski definition) is 1. The van der Waals surface area contributed by atoms with Crippen LogP contribution in [0.1, 0.15) is 13.3 Å². The van der Waals surface area contributed by atoms with Gasteiger partial charge in [0.25, 0.3) is 0 Å². The molecule has 0 aliphatic heterocycles. The van der Waals surface area contributed by atoms with Crippen LogP contribution in [-0.2, 0) is 9.84 Å².